The quantitative estimate of drug-likeness (QED) is 0.801. The highest BCUT2D eigenvalue weighted by molar-refractivity contribution is 5.79. The van der Waals surface area contributed by atoms with E-state index in [-0.39, 0.29) is 24.2 Å². The summed E-state index contributed by atoms with van der Waals surface area (Å²) in [4.78, 5) is 14.0. The molecule has 2 fully saturated rings. The summed E-state index contributed by atoms with van der Waals surface area (Å²) in [6.45, 7) is 1.72. The first-order chi connectivity index (χ1) is 11.3. The van der Waals surface area contributed by atoms with E-state index >= 15 is 0 Å². The summed E-state index contributed by atoms with van der Waals surface area (Å²) in [5.74, 6) is 0.125. The van der Waals surface area contributed by atoms with Crippen molar-refractivity contribution in [3.05, 3.63) is 59.7 Å². The number of ether oxygens (including phenoxy) is 2. The van der Waals surface area contributed by atoms with Gasteiger partial charge in [-0.2, -0.15) is 0 Å². The molecule has 2 saturated heterocycles. The van der Waals surface area contributed by atoms with Crippen LogP contribution in [0.1, 0.15) is 17.0 Å². The minimum atomic E-state index is -0.220. The van der Waals surface area contributed by atoms with Gasteiger partial charge in [-0.25, -0.2) is 4.79 Å². The molecule has 116 valence electrons. The molecule has 2 atom stereocenters. The molecule has 4 heteroatoms. The van der Waals surface area contributed by atoms with Crippen LogP contribution in [0.25, 0.3) is 11.1 Å². The molecule has 0 saturated carbocycles. The number of likely N-dealkylation sites (tertiary alicyclic amines) is 1. The maximum absolute atomic E-state index is 12.2. The van der Waals surface area contributed by atoms with Gasteiger partial charge < -0.3 is 14.4 Å². The Balaban J connectivity index is 1.37. The topological polar surface area (TPSA) is 42.1 Å². The van der Waals surface area contributed by atoms with Gasteiger partial charge in [0.25, 0.3) is 0 Å². The van der Waals surface area contributed by atoms with Crippen LogP contribution in [0.5, 0.6) is 0 Å². The molecule has 2 aromatic carbocycles. The molecule has 0 spiro atoms. The predicted octanol–water partition coefficient (Wildman–Crippen LogP) is 3.02. The Hall–Kier alpha value is -2.33. The number of fused-ring (bicyclic) bond motifs is 4. The second kappa shape index (κ2) is 4.83. The minimum Gasteiger partial charge on any atom is -0.448 e. The Morgan fingerprint density at radius 2 is 1.57 bits per heavy atom. The standard InChI is InChI=1S/C19H17NO3/c21-19(20-9-17-18(10-20)23-17)22-11-16-14-7-3-1-5-12(14)13-6-2-4-8-15(13)16/h1-8,16-18H,9-11H2/t17-,18+. The van der Waals surface area contributed by atoms with E-state index in [2.05, 4.69) is 36.4 Å². The average molecular weight is 307 g/mol. The molecule has 2 heterocycles. The molecule has 3 aliphatic rings. The number of nitrogens with zero attached hydrogens (tertiary/aromatic N) is 1. The average Bonchev–Trinajstić information content (AvgIpc) is 3.07. The summed E-state index contributed by atoms with van der Waals surface area (Å²) in [5.41, 5.74) is 4.99. The Bertz CT molecular complexity index is 732. The van der Waals surface area contributed by atoms with Gasteiger partial charge in [-0.05, 0) is 22.3 Å². The molecule has 23 heavy (non-hydrogen) atoms. The molecule has 4 nitrogen and oxygen atoms in total. The lowest BCUT2D eigenvalue weighted by atomic mass is 9.98. The highest BCUT2D eigenvalue weighted by Gasteiger charge is 2.49. The van der Waals surface area contributed by atoms with E-state index in [4.69, 9.17) is 9.47 Å². The van der Waals surface area contributed by atoms with Crippen molar-refractivity contribution in [2.45, 2.75) is 18.1 Å². The first-order valence-electron chi connectivity index (χ1n) is 8.06. The number of morpholine rings is 1. The molecule has 1 amide bonds. The van der Waals surface area contributed by atoms with Crippen molar-refractivity contribution in [1.82, 2.24) is 4.90 Å². The number of carbonyl (C=O) groups excluding carboxylic acids is 1. The smallest absolute Gasteiger partial charge is 0.409 e. The van der Waals surface area contributed by atoms with Crippen molar-refractivity contribution >= 4 is 6.09 Å². The Morgan fingerprint density at radius 3 is 2.17 bits per heavy atom. The van der Waals surface area contributed by atoms with Gasteiger partial charge in [0.15, 0.2) is 0 Å². The fourth-order valence-corrected chi connectivity index (χ4v) is 3.84. The maximum atomic E-state index is 12.2. The number of benzene rings is 2. The van der Waals surface area contributed by atoms with Crippen LogP contribution >= 0.6 is 0 Å². The number of carbonyl (C=O) groups is 1. The van der Waals surface area contributed by atoms with E-state index in [1.165, 1.54) is 22.3 Å². The second-order valence-electron chi connectivity index (χ2n) is 6.42. The molecule has 2 aliphatic heterocycles. The zero-order valence-corrected chi connectivity index (χ0v) is 12.6. The van der Waals surface area contributed by atoms with E-state index in [1.807, 2.05) is 12.1 Å². The summed E-state index contributed by atoms with van der Waals surface area (Å²) in [7, 11) is 0. The number of hydrogen-bond donors (Lipinski definition) is 0. The Labute approximate surface area is 134 Å². The van der Waals surface area contributed by atoms with Crippen LogP contribution < -0.4 is 0 Å². The third-order valence-electron chi connectivity index (χ3n) is 5.08. The molecule has 0 bridgehead atoms. The van der Waals surface area contributed by atoms with Gasteiger partial charge in [0.05, 0.1) is 13.1 Å². The Kier molecular flexibility index (Phi) is 2.76. The van der Waals surface area contributed by atoms with Crippen LogP contribution in [-0.4, -0.2) is 42.9 Å². The van der Waals surface area contributed by atoms with Crippen molar-refractivity contribution in [3.63, 3.8) is 0 Å². The lowest BCUT2D eigenvalue weighted by Gasteiger charge is -2.19. The van der Waals surface area contributed by atoms with Crippen molar-refractivity contribution < 1.29 is 14.3 Å². The minimum absolute atomic E-state index is 0.125. The fourth-order valence-electron chi connectivity index (χ4n) is 3.84. The van der Waals surface area contributed by atoms with Gasteiger partial charge in [0.1, 0.15) is 18.8 Å². The third kappa shape index (κ3) is 2.05. The van der Waals surface area contributed by atoms with Gasteiger partial charge in [-0.3, -0.25) is 0 Å². The molecule has 0 N–H and O–H groups in total. The number of amides is 1. The normalized spacial score (nSPS) is 24.1. The molecule has 1 aliphatic carbocycles. The molecule has 0 unspecified atom stereocenters. The summed E-state index contributed by atoms with van der Waals surface area (Å²) in [6.07, 6.45) is 0.272. The molecule has 5 rings (SSSR count). The summed E-state index contributed by atoms with van der Waals surface area (Å²) in [5, 5.41) is 0. The first-order valence-corrected chi connectivity index (χ1v) is 8.06. The third-order valence-corrected chi connectivity index (χ3v) is 5.08. The first kappa shape index (κ1) is 13.1. The SMILES string of the molecule is O=C(OCC1c2ccccc2-c2ccccc21)N1C[C@@H]2O[C@@H]2C1. The summed E-state index contributed by atoms with van der Waals surface area (Å²) >= 11 is 0. The van der Waals surface area contributed by atoms with Crippen LogP contribution in [0.2, 0.25) is 0 Å². The number of hydrogen-bond acceptors (Lipinski definition) is 3. The predicted molar refractivity (Wildman–Crippen MR) is 85.3 cm³/mol. The van der Waals surface area contributed by atoms with Crippen molar-refractivity contribution in [3.8, 4) is 11.1 Å². The lowest BCUT2D eigenvalue weighted by Crippen LogP contribution is -2.33. The molecule has 2 aromatic rings. The molecule has 0 aromatic heterocycles. The summed E-state index contributed by atoms with van der Waals surface area (Å²) < 4.78 is 11.0. The van der Waals surface area contributed by atoms with Crippen LogP contribution in [0.15, 0.2) is 48.5 Å². The van der Waals surface area contributed by atoms with Gasteiger partial charge in [-0.15, -0.1) is 0 Å². The van der Waals surface area contributed by atoms with Crippen LogP contribution in [0, 0.1) is 0 Å². The van der Waals surface area contributed by atoms with E-state index in [0.717, 1.165) is 0 Å². The fraction of sp³-hybridized carbons (Fsp3) is 0.316. The van der Waals surface area contributed by atoms with E-state index in [9.17, 15) is 4.79 Å². The number of rotatable bonds is 2. The summed E-state index contributed by atoms with van der Waals surface area (Å²) in [6, 6.07) is 16.7. The Morgan fingerprint density at radius 1 is 1.00 bits per heavy atom. The highest BCUT2D eigenvalue weighted by Crippen LogP contribution is 2.44. The molecular weight excluding hydrogens is 290 g/mol. The van der Waals surface area contributed by atoms with Crippen LogP contribution in [0.3, 0.4) is 0 Å². The van der Waals surface area contributed by atoms with Gasteiger partial charge in [0.2, 0.25) is 0 Å². The number of epoxide rings is 1. The van der Waals surface area contributed by atoms with Gasteiger partial charge >= 0.3 is 6.09 Å². The molecule has 0 radical (unpaired) electrons. The van der Waals surface area contributed by atoms with Gasteiger partial charge in [0, 0.05) is 5.92 Å². The van der Waals surface area contributed by atoms with Crippen molar-refractivity contribution in [2.24, 2.45) is 0 Å². The van der Waals surface area contributed by atoms with E-state index < -0.39 is 0 Å². The van der Waals surface area contributed by atoms with Crippen LogP contribution in [0.4, 0.5) is 4.79 Å². The van der Waals surface area contributed by atoms with Crippen molar-refractivity contribution in [1.29, 1.82) is 0 Å². The van der Waals surface area contributed by atoms with Crippen LogP contribution in [-0.2, 0) is 9.47 Å². The van der Waals surface area contributed by atoms with Gasteiger partial charge in [-0.1, -0.05) is 48.5 Å². The lowest BCUT2D eigenvalue weighted by molar-refractivity contribution is 0.0936. The second-order valence-corrected chi connectivity index (χ2v) is 6.42. The van der Waals surface area contributed by atoms with E-state index in [1.54, 1.807) is 4.90 Å². The zero-order valence-electron chi connectivity index (χ0n) is 12.6. The highest BCUT2D eigenvalue weighted by atomic mass is 16.6. The van der Waals surface area contributed by atoms with E-state index in [0.29, 0.717) is 19.7 Å². The molecular formula is C19H17NO3. The largest absolute Gasteiger partial charge is 0.448 e. The maximum Gasteiger partial charge on any atom is 0.409 e. The zero-order chi connectivity index (χ0) is 15.4. The monoisotopic (exact) mass is 307 g/mol. The van der Waals surface area contributed by atoms with Crippen molar-refractivity contribution in [2.75, 3.05) is 19.7 Å².